The molecule has 1 heteroatoms. The van der Waals surface area contributed by atoms with E-state index in [0.29, 0.717) is 0 Å². The minimum atomic E-state index is 0.872. The summed E-state index contributed by atoms with van der Waals surface area (Å²) in [7, 11) is 0. The van der Waals surface area contributed by atoms with Crippen LogP contribution in [0.2, 0.25) is 0 Å². The van der Waals surface area contributed by atoms with Gasteiger partial charge in [-0.2, -0.15) is 0 Å². The van der Waals surface area contributed by atoms with Crippen molar-refractivity contribution in [2.45, 2.75) is 122 Å². The maximum atomic E-state index is 5.36. The maximum absolute atomic E-state index is 5.36. The fourth-order valence-electron chi connectivity index (χ4n) is 3.18. The van der Waals surface area contributed by atoms with Gasteiger partial charge in [0.2, 0.25) is 0 Å². The van der Waals surface area contributed by atoms with Gasteiger partial charge in [-0.3, -0.25) is 0 Å². The van der Waals surface area contributed by atoms with Crippen LogP contribution in [0.4, 0.5) is 0 Å². The highest BCUT2D eigenvalue weighted by Crippen LogP contribution is 2.14. The van der Waals surface area contributed by atoms with Gasteiger partial charge in [0.05, 0.1) is 0 Å². The van der Waals surface area contributed by atoms with Gasteiger partial charge in [-0.15, -0.1) is 0 Å². The third-order valence-corrected chi connectivity index (χ3v) is 4.74. The smallest absolute Gasteiger partial charge is 0.0465 e. The van der Waals surface area contributed by atoms with Crippen molar-refractivity contribution in [2.24, 2.45) is 0 Å². The van der Waals surface area contributed by atoms with E-state index < -0.39 is 0 Å². The molecule has 0 atom stereocenters. The van der Waals surface area contributed by atoms with Crippen molar-refractivity contribution in [1.82, 2.24) is 0 Å². The monoisotopic (exact) mass is 325 g/mol. The lowest BCUT2D eigenvalue weighted by Crippen LogP contribution is -1.92. The van der Waals surface area contributed by atoms with Gasteiger partial charge in [-0.1, -0.05) is 116 Å². The summed E-state index contributed by atoms with van der Waals surface area (Å²) in [5.74, 6) is 0. The van der Waals surface area contributed by atoms with Crippen molar-refractivity contribution in [2.75, 3.05) is 13.2 Å². The van der Waals surface area contributed by atoms with Gasteiger partial charge >= 0.3 is 0 Å². The van der Waals surface area contributed by atoms with Crippen LogP contribution in [-0.4, -0.2) is 13.2 Å². The summed E-state index contributed by atoms with van der Waals surface area (Å²) in [6, 6.07) is 0. The summed E-state index contributed by atoms with van der Waals surface area (Å²) >= 11 is 0. The molecule has 1 radical (unpaired) electrons. The molecule has 0 spiro atoms. The SMILES string of the molecule is [CH2]CCCCCCCCCCCCCCCCCCCOCC. The summed E-state index contributed by atoms with van der Waals surface area (Å²) < 4.78 is 5.36. The summed E-state index contributed by atoms with van der Waals surface area (Å²) in [5, 5.41) is 0. The fourth-order valence-corrected chi connectivity index (χ4v) is 3.18. The van der Waals surface area contributed by atoms with E-state index in [1.807, 2.05) is 0 Å². The summed E-state index contributed by atoms with van der Waals surface area (Å²) in [5.41, 5.74) is 0. The molecule has 0 unspecified atom stereocenters. The zero-order chi connectivity index (χ0) is 16.8. The molecule has 1 nitrogen and oxygen atoms in total. The maximum Gasteiger partial charge on any atom is 0.0465 e. The summed E-state index contributed by atoms with van der Waals surface area (Å²) in [4.78, 5) is 0. The Kier molecular flexibility index (Phi) is 21.9. The molecule has 0 aliphatic carbocycles. The number of unbranched alkanes of at least 4 members (excludes halogenated alkanes) is 17. The van der Waals surface area contributed by atoms with Crippen LogP contribution >= 0.6 is 0 Å². The fraction of sp³-hybridized carbons (Fsp3) is 0.955. The molecule has 0 heterocycles. The largest absolute Gasteiger partial charge is 0.382 e. The molecule has 0 aromatic rings. The summed E-state index contributed by atoms with van der Waals surface area (Å²) in [6.07, 6.45) is 25.3. The number of hydrogen-bond acceptors (Lipinski definition) is 1. The van der Waals surface area contributed by atoms with Gasteiger partial charge in [0.15, 0.2) is 0 Å². The van der Waals surface area contributed by atoms with Crippen LogP contribution in [0.25, 0.3) is 0 Å². The van der Waals surface area contributed by atoms with Crippen LogP contribution in [0.3, 0.4) is 0 Å². The Morgan fingerprint density at radius 1 is 0.478 bits per heavy atom. The zero-order valence-electron chi connectivity index (χ0n) is 16.3. The van der Waals surface area contributed by atoms with Crippen molar-refractivity contribution in [3.05, 3.63) is 6.92 Å². The molecular formula is C22H45O. The van der Waals surface area contributed by atoms with E-state index in [1.54, 1.807) is 0 Å². The van der Waals surface area contributed by atoms with Crippen LogP contribution in [-0.2, 0) is 4.74 Å². The van der Waals surface area contributed by atoms with Crippen molar-refractivity contribution in [3.63, 3.8) is 0 Å². The Balaban J connectivity index is 2.92. The molecule has 0 N–H and O–H groups in total. The van der Waals surface area contributed by atoms with E-state index in [4.69, 9.17) is 4.74 Å². The highest BCUT2D eigenvalue weighted by Gasteiger charge is 1.95. The second kappa shape index (κ2) is 22.0. The number of rotatable bonds is 20. The van der Waals surface area contributed by atoms with E-state index in [9.17, 15) is 0 Å². The minimum Gasteiger partial charge on any atom is -0.382 e. The highest BCUT2D eigenvalue weighted by molar-refractivity contribution is 4.50. The molecule has 0 aromatic heterocycles. The third kappa shape index (κ3) is 22.0. The van der Waals surface area contributed by atoms with E-state index in [1.165, 1.54) is 109 Å². The first-order valence-corrected chi connectivity index (χ1v) is 10.8. The van der Waals surface area contributed by atoms with Crippen LogP contribution in [0.15, 0.2) is 0 Å². The molecular weight excluding hydrogens is 280 g/mol. The first-order valence-electron chi connectivity index (χ1n) is 10.8. The normalized spacial score (nSPS) is 11.2. The molecule has 0 aliphatic rings. The average molecular weight is 326 g/mol. The van der Waals surface area contributed by atoms with Crippen LogP contribution in [0.5, 0.6) is 0 Å². The van der Waals surface area contributed by atoms with Gasteiger partial charge in [-0.05, 0) is 13.3 Å². The van der Waals surface area contributed by atoms with Crippen molar-refractivity contribution >= 4 is 0 Å². The Morgan fingerprint density at radius 2 is 0.783 bits per heavy atom. The van der Waals surface area contributed by atoms with Gasteiger partial charge < -0.3 is 4.74 Å². The van der Waals surface area contributed by atoms with Crippen LogP contribution in [0.1, 0.15) is 122 Å². The molecule has 0 aliphatic heterocycles. The quantitative estimate of drug-likeness (QED) is 0.207. The predicted octanol–water partition coefficient (Wildman–Crippen LogP) is 7.88. The molecule has 0 bridgehead atoms. The minimum absolute atomic E-state index is 0.872. The lowest BCUT2D eigenvalue weighted by atomic mass is 10.0. The van der Waals surface area contributed by atoms with Crippen molar-refractivity contribution in [1.29, 1.82) is 0 Å². The van der Waals surface area contributed by atoms with E-state index in [-0.39, 0.29) is 0 Å². The Hall–Kier alpha value is -0.0400. The highest BCUT2D eigenvalue weighted by atomic mass is 16.5. The molecule has 23 heavy (non-hydrogen) atoms. The molecule has 0 rings (SSSR count). The third-order valence-electron chi connectivity index (χ3n) is 4.74. The molecule has 0 saturated heterocycles. The lowest BCUT2D eigenvalue weighted by Gasteiger charge is -2.04. The molecule has 0 amide bonds. The van der Waals surface area contributed by atoms with Crippen LogP contribution < -0.4 is 0 Å². The van der Waals surface area contributed by atoms with Crippen molar-refractivity contribution < 1.29 is 4.74 Å². The predicted molar refractivity (Wildman–Crippen MR) is 105 cm³/mol. The van der Waals surface area contributed by atoms with Gasteiger partial charge in [-0.25, -0.2) is 0 Å². The van der Waals surface area contributed by atoms with Crippen molar-refractivity contribution in [3.8, 4) is 0 Å². The van der Waals surface area contributed by atoms with Gasteiger partial charge in [0, 0.05) is 13.2 Å². The zero-order valence-corrected chi connectivity index (χ0v) is 16.3. The topological polar surface area (TPSA) is 9.23 Å². The molecule has 139 valence electrons. The molecule has 0 fully saturated rings. The number of ether oxygens (including phenoxy) is 1. The first-order chi connectivity index (χ1) is 11.4. The van der Waals surface area contributed by atoms with E-state index in [2.05, 4.69) is 13.8 Å². The number of hydrogen-bond donors (Lipinski definition) is 0. The summed E-state index contributed by atoms with van der Waals surface area (Å²) in [6.45, 7) is 7.81. The average Bonchev–Trinajstić information content (AvgIpc) is 2.57. The lowest BCUT2D eigenvalue weighted by molar-refractivity contribution is 0.143. The second-order valence-corrected chi connectivity index (χ2v) is 7.06. The molecule has 0 aromatic carbocycles. The van der Waals surface area contributed by atoms with Gasteiger partial charge in [0.1, 0.15) is 0 Å². The second-order valence-electron chi connectivity index (χ2n) is 7.06. The standard InChI is InChI=1S/C22H45O/c1-3-5-6-7-8-9-10-11-12-13-14-15-16-17-18-19-20-21-22-23-4-2/h1,3-22H2,2H3. The Morgan fingerprint density at radius 3 is 1.09 bits per heavy atom. The Labute approximate surface area is 148 Å². The van der Waals surface area contributed by atoms with Gasteiger partial charge in [0.25, 0.3) is 0 Å². The molecule has 0 saturated carbocycles. The van der Waals surface area contributed by atoms with E-state index in [0.717, 1.165) is 19.6 Å². The van der Waals surface area contributed by atoms with Crippen LogP contribution in [0, 0.1) is 6.92 Å². The first kappa shape index (κ1) is 23.0. The Bertz CT molecular complexity index is 170. The van der Waals surface area contributed by atoms with E-state index >= 15 is 0 Å².